The van der Waals surface area contributed by atoms with E-state index in [1.54, 1.807) is 6.26 Å². The Kier molecular flexibility index (Phi) is 3.86. The lowest BCUT2D eigenvalue weighted by Gasteiger charge is -2.17. The summed E-state index contributed by atoms with van der Waals surface area (Å²) in [5.74, 6) is 1.55. The highest BCUT2D eigenvalue weighted by Gasteiger charge is 2.15. The minimum atomic E-state index is -0.252. The molecule has 0 aliphatic rings. The molecule has 1 aromatic heterocycles. The molecule has 2 aromatic rings. The van der Waals surface area contributed by atoms with Crippen LogP contribution in [0.4, 0.5) is 0 Å². The highest BCUT2D eigenvalue weighted by atomic mass is 79.9. The third-order valence-electron chi connectivity index (χ3n) is 2.49. The number of ether oxygens (including phenoxy) is 1. The van der Waals surface area contributed by atoms with Gasteiger partial charge in [-0.25, -0.2) is 0 Å². The molecule has 1 atom stereocenters. The predicted octanol–water partition coefficient (Wildman–Crippen LogP) is 3.43. The van der Waals surface area contributed by atoms with Crippen LogP contribution >= 0.6 is 15.9 Å². The molecule has 90 valence electrons. The van der Waals surface area contributed by atoms with Crippen molar-refractivity contribution in [3.8, 4) is 5.75 Å². The predicted molar refractivity (Wildman–Crippen MR) is 70.0 cm³/mol. The van der Waals surface area contributed by atoms with Crippen molar-refractivity contribution in [1.82, 2.24) is 0 Å². The van der Waals surface area contributed by atoms with E-state index in [0.29, 0.717) is 6.54 Å². The zero-order chi connectivity index (χ0) is 12.3. The van der Waals surface area contributed by atoms with Gasteiger partial charge >= 0.3 is 0 Å². The summed E-state index contributed by atoms with van der Waals surface area (Å²) in [6.07, 6.45) is 1.37. The number of halogens is 1. The first-order chi connectivity index (χ1) is 8.20. The number of hydrogen-bond acceptors (Lipinski definition) is 3. The van der Waals surface area contributed by atoms with E-state index < -0.39 is 0 Å². The first kappa shape index (κ1) is 12.2. The van der Waals surface area contributed by atoms with Crippen LogP contribution in [0.1, 0.15) is 17.4 Å². The van der Waals surface area contributed by atoms with Crippen LogP contribution in [0.2, 0.25) is 0 Å². The molecule has 2 N–H and O–H groups in total. The highest BCUT2D eigenvalue weighted by Crippen LogP contribution is 2.27. The number of rotatable bonds is 4. The maximum Gasteiger partial charge on any atom is 0.168 e. The lowest BCUT2D eigenvalue weighted by atomic mass is 10.2. The smallest absolute Gasteiger partial charge is 0.168 e. The molecular formula is C13H14BrNO2. The summed E-state index contributed by atoms with van der Waals surface area (Å²) >= 11 is 3.42. The second-order valence-electron chi connectivity index (χ2n) is 3.77. The molecule has 3 nitrogen and oxygen atoms in total. The van der Waals surface area contributed by atoms with Gasteiger partial charge in [0, 0.05) is 11.0 Å². The Hall–Kier alpha value is -1.26. The van der Waals surface area contributed by atoms with Crippen molar-refractivity contribution in [3.05, 3.63) is 52.4 Å². The van der Waals surface area contributed by atoms with Crippen molar-refractivity contribution in [2.24, 2.45) is 5.73 Å². The van der Waals surface area contributed by atoms with Crippen LogP contribution in [0.15, 0.2) is 45.5 Å². The van der Waals surface area contributed by atoms with Crippen LogP contribution in [-0.2, 0) is 0 Å². The molecule has 17 heavy (non-hydrogen) atoms. The summed E-state index contributed by atoms with van der Waals surface area (Å²) in [5, 5.41) is 0. The lowest BCUT2D eigenvalue weighted by molar-refractivity contribution is 0.183. The summed E-state index contributed by atoms with van der Waals surface area (Å²) in [6.45, 7) is 2.37. The van der Waals surface area contributed by atoms with Crippen molar-refractivity contribution in [1.29, 1.82) is 0 Å². The molecule has 1 unspecified atom stereocenters. The van der Waals surface area contributed by atoms with E-state index in [4.69, 9.17) is 14.9 Å². The molecule has 0 amide bonds. The highest BCUT2D eigenvalue weighted by molar-refractivity contribution is 9.10. The molecule has 0 aliphatic heterocycles. The molecule has 0 radical (unpaired) electrons. The third kappa shape index (κ3) is 2.90. The topological polar surface area (TPSA) is 48.4 Å². The van der Waals surface area contributed by atoms with Gasteiger partial charge in [0.2, 0.25) is 0 Å². The van der Waals surface area contributed by atoms with Crippen molar-refractivity contribution in [3.63, 3.8) is 0 Å². The molecule has 0 bridgehead atoms. The second-order valence-corrected chi connectivity index (χ2v) is 4.68. The molecule has 2 rings (SSSR count). The fraction of sp³-hybridized carbons (Fsp3) is 0.231. The molecule has 0 saturated heterocycles. The van der Waals surface area contributed by atoms with Gasteiger partial charge in [0.25, 0.3) is 0 Å². The van der Waals surface area contributed by atoms with Gasteiger partial charge in [0.05, 0.1) is 6.26 Å². The van der Waals surface area contributed by atoms with Gasteiger partial charge in [-0.05, 0) is 36.8 Å². The van der Waals surface area contributed by atoms with Gasteiger partial charge in [0.15, 0.2) is 6.10 Å². The standard InChI is InChI=1S/C13H14BrNO2/c1-9-4-5-10(14)7-12(9)17-13(8-15)11-3-2-6-16-11/h2-7,13H,8,15H2,1H3. The number of benzene rings is 1. The number of hydrogen-bond donors (Lipinski definition) is 1. The third-order valence-corrected chi connectivity index (χ3v) is 2.99. The fourth-order valence-electron chi connectivity index (χ4n) is 1.55. The van der Waals surface area contributed by atoms with E-state index in [1.807, 2.05) is 37.3 Å². The van der Waals surface area contributed by atoms with Gasteiger partial charge < -0.3 is 14.9 Å². The molecule has 0 saturated carbocycles. The maximum atomic E-state index is 5.87. The quantitative estimate of drug-likeness (QED) is 0.940. The monoisotopic (exact) mass is 295 g/mol. The van der Waals surface area contributed by atoms with Crippen LogP contribution in [0.3, 0.4) is 0 Å². The number of aryl methyl sites for hydroxylation is 1. The van der Waals surface area contributed by atoms with E-state index >= 15 is 0 Å². The summed E-state index contributed by atoms with van der Waals surface area (Å²) in [6, 6.07) is 9.60. The Morgan fingerprint density at radius 2 is 2.24 bits per heavy atom. The van der Waals surface area contributed by atoms with E-state index in [0.717, 1.165) is 21.5 Å². The van der Waals surface area contributed by atoms with Gasteiger partial charge in [-0.1, -0.05) is 22.0 Å². The molecule has 4 heteroatoms. The Bertz CT molecular complexity index is 482. The molecule has 0 spiro atoms. The van der Waals surface area contributed by atoms with Crippen LogP contribution < -0.4 is 10.5 Å². The summed E-state index contributed by atoms with van der Waals surface area (Å²) in [7, 11) is 0. The SMILES string of the molecule is Cc1ccc(Br)cc1OC(CN)c1ccco1. The van der Waals surface area contributed by atoms with Crippen LogP contribution in [0.5, 0.6) is 5.75 Å². The minimum Gasteiger partial charge on any atom is -0.481 e. The van der Waals surface area contributed by atoms with Crippen LogP contribution in [-0.4, -0.2) is 6.54 Å². The Morgan fingerprint density at radius 3 is 2.88 bits per heavy atom. The Balaban J connectivity index is 2.21. The summed E-state index contributed by atoms with van der Waals surface area (Å²) in [5.41, 5.74) is 6.77. The molecule has 1 heterocycles. The zero-order valence-electron chi connectivity index (χ0n) is 9.52. The number of nitrogens with two attached hydrogens (primary N) is 1. The largest absolute Gasteiger partial charge is 0.481 e. The van der Waals surface area contributed by atoms with E-state index in [2.05, 4.69) is 15.9 Å². The van der Waals surface area contributed by atoms with Crippen LogP contribution in [0, 0.1) is 6.92 Å². The first-order valence-electron chi connectivity index (χ1n) is 5.37. The molecule has 1 aromatic carbocycles. The first-order valence-corrected chi connectivity index (χ1v) is 6.16. The molecule has 0 aliphatic carbocycles. The van der Waals surface area contributed by atoms with E-state index in [9.17, 15) is 0 Å². The van der Waals surface area contributed by atoms with Crippen molar-refractivity contribution < 1.29 is 9.15 Å². The van der Waals surface area contributed by atoms with E-state index in [1.165, 1.54) is 0 Å². The van der Waals surface area contributed by atoms with Gasteiger partial charge in [-0.3, -0.25) is 0 Å². The van der Waals surface area contributed by atoms with Gasteiger partial charge in [-0.2, -0.15) is 0 Å². The minimum absolute atomic E-state index is 0.252. The van der Waals surface area contributed by atoms with Crippen LogP contribution in [0.25, 0.3) is 0 Å². The zero-order valence-corrected chi connectivity index (χ0v) is 11.1. The van der Waals surface area contributed by atoms with E-state index in [-0.39, 0.29) is 6.10 Å². The maximum absolute atomic E-state index is 5.87. The van der Waals surface area contributed by atoms with Crippen molar-refractivity contribution in [2.45, 2.75) is 13.0 Å². The molecular weight excluding hydrogens is 282 g/mol. The average molecular weight is 296 g/mol. The summed E-state index contributed by atoms with van der Waals surface area (Å²) < 4.78 is 12.2. The van der Waals surface area contributed by atoms with Crippen molar-refractivity contribution >= 4 is 15.9 Å². The normalized spacial score (nSPS) is 12.4. The van der Waals surface area contributed by atoms with Crippen molar-refractivity contribution in [2.75, 3.05) is 6.54 Å². The molecule has 0 fully saturated rings. The average Bonchev–Trinajstić information content (AvgIpc) is 2.84. The van der Waals surface area contributed by atoms with Gasteiger partial charge in [0.1, 0.15) is 11.5 Å². The second kappa shape index (κ2) is 5.38. The number of furan rings is 1. The Morgan fingerprint density at radius 1 is 1.41 bits per heavy atom. The summed E-state index contributed by atoms with van der Waals surface area (Å²) in [4.78, 5) is 0. The van der Waals surface area contributed by atoms with Gasteiger partial charge in [-0.15, -0.1) is 0 Å². The fourth-order valence-corrected chi connectivity index (χ4v) is 1.89. The lowest BCUT2D eigenvalue weighted by Crippen LogP contribution is -2.18. The Labute approximate surface area is 109 Å².